The van der Waals surface area contributed by atoms with E-state index in [9.17, 15) is 14.4 Å². The molecule has 156 valence electrons. The van der Waals surface area contributed by atoms with Crippen molar-refractivity contribution in [2.75, 3.05) is 12.0 Å². The average Bonchev–Trinajstić information content (AvgIpc) is 3.04. The number of methoxy groups -OCH3 is 1. The molecule has 1 aliphatic heterocycles. The monoisotopic (exact) mass is 415 g/mol. The molecule has 4 amide bonds. The molecular formula is C24H21N3O4. The summed E-state index contributed by atoms with van der Waals surface area (Å²) in [4.78, 5) is 38.8. The first-order chi connectivity index (χ1) is 14.9. The van der Waals surface area contributed by atoms with Crippen LogP contribution < -0.4 is 15.0 Å². The van der Waals surface area contributed by atoms with Crippen molar-refractivity contribution in [1.29, 1.82) is 0 Å². The summed E-state index contributed by atoms with van der Waals surface area (Å²) in [5.74, 6) is -0.616. The third-order valence-electron chi connectivity index (χ3n) is 5.22. The van der Waals surface area contributed by atoms with Crippen molar-refractivity contribution in [2.45, 2.75) is 13.8 Å². The number of benzene rings is 2. The van der Waals surface area contributed by atoms with Gasteiger partial charge < -0.3 is 9.30 Å². The fourth-order valence-corrected chi connectivity index (χ4v) is 3.69. The van der Waals surface area contributed by atoms with Gasteiger partial charge in [-0.15, -0.1) is 0 Å². The summed E-state index contributed by atoms with van der Waals surface area (Å²) in [7, 11) is 1.61. The number of nitrogens with one attached hydrogen (secondary N) is 1. The van der Waals surface area contributed by atoms with Gasteiger partial charge in [0.25, 0.3) is 11.8 Å². The summed E-state index contributed by atoms with van der Waals surface area (Å²) in [5, 5.41) is 2.25. The van der Waals surface area contributed by atoms with Crippen LogP contribution in [0.5, 0.6) is 5.75 Å². The molecular weight excluding hydrogens is 394 g/mol. The number of para-hydroxylation sites is 1. The van der Waals surface area contributed by atoms with Crippen LogP contribution in [0.4, 0.5) is 10.5 Å². The summed E-state index contributed by atoms with van der Waals surface area (Å²) < 4.78 is 7.24. The number of ether oxygens (including phenoxy) is 1. The molecule has 2 heterocycles. The van der Waals surface area contributed by atoms with Crippen LogP contribution in [-0.2, 0) is 9.59 Å². The molecule has 0 atom stereocenters. The van der Waals surface area contributed by atoms with Gasteiger partial charge in [-0.3, -0.25) is 14.9 Å². The number of aromatic nitrogens is 1. The van der Waals surface area contributed by atoms with Gasteiger partial charge in [-0.05, 0) is 68.0 Å². The molecule has 1 fully saturated rings. The van der Waals surface area contributed by atoms with Crippen LogP contribution in [0.2, 0.25) is 0 Å². The Morgan fingerprint density at radius 2 is 1.58 bits per heavy atom. The van der Waals surface area contributed by atoms with E-state index in [1.807, 2.05) is 48.7 Å². The number of carbonyl (C=O) groups is 3. The molecule has 1 aliphatic rings. The van der Waals surface area contributed by atoms with E-state index in [0.717, 1.165) is 27.7 Å². The lowest BCUT2D eigenvalue weighted by atomic mass is 10.1. The zero-order chi connectivity index (χ0) is 22.1. The lowest BCUT2D eigenvalue weighted by Gasteiger charge is -2.26. The number of rotatable bonds is 4. The van der Waals surface area contributed by atoms with Crippen LogP contribution in [-0.4, -0.2) is 29.5 Å². The van der Waals surface area contributed by atoms with Crippen LogP contribution >= 0.6 is 0 Å². The minimum absolute atomic E-state index is 0.0987. The van der Waals surface area contributed by atoms with E-state index >= 15 is 0 Å². The Morgan fingerprint density at radius 1 is 0.903 bits per heavy atom. The Hall–Kier alpha value is -4.13. The van der Waals surface area contributed by atoms with Gasteiger partial charge in [0.2, 0.25) is 0 Å². The van der Waals surface area contributed by atoms with Crippen molar-refractivity contribution in [1.82, 2.24) is 9.88 Å². The Kier molecular flexibility index (Phi) is 5.17. The molecule has 0 bridgehead atoms. The molecule has 0 unspecified atom stereocenters. The number of amides is 4. The maximum absolute atomic E-state index is 13.0. The number of anilines is 1. The highest BCUT2D eigenvalue weighted by Crippen LogP contribution is 2.26. The van der Waals surface area contributed by atoms with Crippen LogP contribution in [0.1, 0.15) is 17.0 Å². The number of aryl methyl sites for hydroxylation is 1. The maximum atomic E-state index is 13.0. The third-order valence-corrected chi connectivity index (χ3v) is 5.22. The molecule has 0 radical (unpaired) electrons. The van der Waals surface area contributed by atoms with E-state index in [2.05, 4.69) is 5.32 Å². The molecule has 1 N–H and O–H groups in total. The summed E-state index contributed by atoms with van der Waals surface area (Å²) >= 11 is 0. The molecule has 31 heavy (non-hydrogen) atoms. The molecule has 4 rings (SSSR count). The predicted octanol–water partition coefficient (Wildman–Crippen LogP) is 3.77. The van der Waals surface area contributed by atoms with Gasteiger partial charge in [0.1, 0.15) is 11.3 Å². The molecule has 0 saturated carbocycles. The molecule has 0 aliphatic carbocycles. The Labute approximate surface area is 179 Å². The Balaban J connectivity index is 1.74. The number of barbiturate groups is 1. The van der Waals surface area contributed by atoms with Crippen molar-refractivity contribution in [3.8, 4) is 11.4 Å². The SMILES string of the molecule is COc1ccc(-n2c(C)cc(/C=C3/C(=O)NC(=O)N(c4ccccc4)C3=O)c2C)cc1. The van der Waals surface area contributed by atoms with Crippen molar-refractivity contribution in [3.05, 3.63) is 83.2 Å². The minimum atomic E-state index is -0.762. The van der Waals surface area contributed by atoms with E-state index in [1.54, 1.807) is 37.4 Å². The standard InChI is InChI=1S/C24H21N3O4/c1-15-13-17(16(2)26(15)19-9-11-20(31-3)12-10-19)14-21-22(28)25-24(30)27(23(21)29)18-7-5-4-6-8-18/h4-14H,1-3H3,(H,25,28,30)/b21-14-. The number of urea groups is 1. The predicted molar refractivity (Wildman–Crippen MR) is 117 cm³/mol. The van der Waals surface area contributed by atoms with Gasteiger partial charge >= 0.3 is 6.03 Å². The summed E-state index contributed by atoms with van der Waals surface area (Å²) in [5.41, 5.74) is 3.74. The second-order valence-corrected chi connectivity index (χ2v) is 7.15. The average molecular weight is 415 g/mol. The number of hydrogen-bond donors (Lipinski definition) is 1. The second kappa shape index (κ2) is 7.95. The summed E-state index contributed by atoms with van der Waals surface area (Å²) in [6, 6.07) is 17.2. The number of carbonyl (C=O) groups excluding carboxylic acids is 3. The number of nitrogens with zero attached hydrogens (tertiary/aromatic N) is 2. The van der Waals surface area contributed by atoms with Crippen LogP contribution in [0.15, 0.2) is 66.2 Å². The van der Waals surface area contributed by atoms with Gasteiger partial charge in [-0.25, -0.2) is 9.69 Å². The lowest BCUT2D eigenvalue weighted by Crippen LogP contribution is -2.54. The van der Waals surface area contributed by atoms with Crippen molar-refractivity contribution in [2.24, 2.45) is 0 Å². The number of hydrogen-bond acceptors (Lipinski definition) is 4. The maximum Gasteiger partial charge on any atom is 0.335 e. The smallest absolute Gasteiger partial charge is 0.335 e. The Morgan fingerprint density at radius 3 is 2.23 bits per heavy atom. The van der Waals surface area contributed by atoms with Crippen molar-refractivity contribution >= 4 is 29.6 Å². The van der Waals surface area contributed by atoms with Gasteiger partial charge in [-0.1, -0.05) is 18.2 Å². The van der Waals surface area contributed by atoms with E-state index in [4.69, 9.17) is 4.74 Å². The molecule has 7 nitrogen and oxygen atoms in total. The van der Waals surface area contributed by atoms with Crippen LogP contribution in [0.3, 0.4) is 0 Å². The zero-order valence-corrected chi connectivity index (χ0v) is 17.4. The summed E-state index contributed by atoms with van der Waals surface area (Å²) in [6.45, 7) is 3.86. The zero-order valence-electron chi connectivity index (χ0n) is 17.4. The van der Waals surface area contributed by atoms with E-state index in [0.29, 0.717) is 11.3 Å². The van der Waals surface area contributed by atoms with Crippen LogP contribution in [0.25, 0.3) is 11.8 Å². The molecule has 7 heteroatoms. The minimum Gasteiger partial charge on any atom is -0.497 e. The van der Waals surface area contributed by atoms with Crippen LogP contribution in [0, 0.1) is 13.8 Å². The second-order valence-electron chi connectivity index (χ2n) is 7.15. The lowest BCUT2D eigenvalue weighted by molar-refractivity contribution is -0.122. The largest absolute Gasteiger partial charge is 0.497 e. The highest BCUT2D eigenvalue weighted by Gasteiger charge is 2.36. The highest BCUT2D eigenvalue weighted by molar-refractivity contribution is 6.39. The normalized spacial score (nSPS) is 15.4. The quantitative estimate of drug-likeness (QED) is 0.520. The van der Waals surface area contributed by atoms with Gasteiger partial charge in [0.15, 0.2) is 0 Å². The van der Waals surface area contributed by atoms with Gasteiger partial charge in [-0.2, -0.15) is 0 Å². The van der Waals surface area contributed by atoms with Crippen molar-refractivity contribution in [3.63, 3.8) is 0 Å². The van der Waals surface area contributed by atoms with E-state index < -0.39 is 17.8 Å². The first-order valence-electron chi connectivity index (χ1n) is 9.70. The number of imide groups is 2. The molecule has 0 spiro atoms. The first-order valence-corrected chi connectivity index (χ1v) is 9.70. The van der Waals surface area contributed by atoms with Crippen molar-refractivity contribution < 1.29 is 19.1 Å². The topological polar surface area (TPSA) is 80.6 Å². The fourth-order valence-electron chi connectivity index (χ4n) is 3.69. The molecule has 1 aromatic heterocycles. The van der Waals surface area contributed by atoms with Gasteiger partial charge in [0, 0.05) is 17.1 Å². The summed E-state index contributed by atoms with van der Waals surface area (Å²) in [6.07, 6.45) is 1.53. The molecule has 3 aromatic rings. The van der Waals surface area contributed by atoms with E-state index in [-0.39, 0.29) is 5.57 Å². The molecule has 2 aromatic carbocycles. The molecule has 1 saturated heterocycles. The first kappa shape index (κ1) is 20.2. The highest BCUT2D eigenvalue weighted by atomic mass is 16.5. The fraction of sp³-hybridized carbons (Fsp3) is 0.125. The van der Waals surface area contributed by atoms with E-state index in [1.165, 1.54) is 6.08 Å². The third kappa shape index (κ3) is 3.61. The van der Waals surface area contributed by atoms with Gasteiger partial charge in [0.05, 0.1) is 12.8 Å². The Bertz CT molecular complexity index is 1210.